The molecule has 20 heavy (non-hydrogen) atoms. The van der Waals surface area contributed by atoms with Gasteiger partial charge in [0.25, 0.3) is 5.69 Å². The molecule has 0 aliphatic heterocycles. The van der Waals surface area contributed by atoms with Gasteiger partial charge in [0.05, 0.1) is 17.6 Å². The summed E-state index contributed by atoms with van der Waals surface area (Å²) in [5, 5.41) is 10.9. The fourth-order valence-electron chi connectivity index (χ4n) is 1.86. The Hall–Kier alpha value is -2.76. The second-order valence-electron chi connectivity index (χ2n) is 3.97. The van der Waals surface area contributed by atoms with E-state index in [1.807, 2.05) is 0 Å². The lowest BCUT2D eigenvalue weighted by Gasteiger charge is -2.08. The van der Waals surface area contributed by atoms with Gasteiger partial charge in [0.1, 0.15) is 0 Å². The van der Waals surface area contributed by atoms with E-state index in [2.05, 4.69) is 0 Å². The van der Waals surface area contributed by atoms with E-state index >= 15 is 0 Å². The molecule has 0 amide bonds. The SMILES string of the molecule is COc1cccc(-c2ccc(C=O)c([N+](=O)[O-])c2)c1F. The Bertz CT molecular complexity index is 685. The maximum Gasteiger partial charge on any atom is 0.280 e. The number of hydrogen-bond donors (Lipinski definition) is 0. The number of nitrogens with zero attached hydrogens (tertiary/aromatic N) is 1. The van der Waals surface area contributed by atoms with Crippen molar-refractivity contribution in [2.75, 3.05) is 7.11 Å². The van der Waals surface area contributed by atoms with Gasteiger partial charge >= 0.3 is 0 Å². The van der Waals surface area contributed by atoms with E-state index < -0.39 is 10.7 Å². The first-order valence-corrected chi connectivity index (χ1v) is 5.65. The third-order valence-corrected chi connectivity index (χ3v) is 2.85. The lowest BCUT2D eigenvalue weighted by molar-refractivity contribution is -0.385. The number of carbonyl (C=O) groups excluding carboxylic acids is 1. The number of halogens is 1. The molecule has 0 heterocycles. The molecule has 2 rings (SSSR count). The summed E-state index contributed by atoms with van der Waals surface area (Å²) in [6.45, 7) is 0. The molecule has 0 saturated carbocycles. The van der Waals surface area contributed by atoms with Crippen LogP contribution in [0.2, 0.25) is 0 Å². The maximum absolute atomic E-state index is 14.1. The number of hydrogen-bond acceptors (Lipinski definition) is 4. The van der Waals surface area contributed by atoms with E-state index in [9.17, 15) is 19.3 Å². The molecule has 6 heteroatoms. The van der Waals surface area contributed by atoms with Crippen LogP contribution in [0.3, 0.4) is 0 Å². The fraction of sp³-hybridized carbons (Fsp3) is 0.0714. The van der Waals surface area contributed by atoms with Crippen molar-refractivity contribution in [2.24, 2.45) is 0 Å². The van der Waals surface area contributed by atoms with E-state index in [0.717, 1.165) is 0 Å². The zero-order valence-corrected chi connectivity index (χ0v) is 10.5. The number of ether oxygens (including phenoxy) is 1. The number of benzene rings is 2. The van der Waals surface area contributed by atoms with Crippen LogP contribution in [-0.4, -0.2) is 18.3 Å². The van der Waals surface area contributed by atoms with Gasteiger partial charge in [-0.25, -0.2) is 4.39 Å². The molecule has 0 bridgehead atoms. The van der Waals surface area contributed by atoms with Crippen LogP contribution in [-0.2, 0) is 0 Å². The molecular formula is C14H10FNO4. The van der Waals surface area contributed by atoms with E-state index in [1.54, 1.807) is 6.07 Å². The summed E-state index contributed by atoms with van der Waals surface area (Å²) >= 11 is 0. The first kappa shape index (κ1) is 13.7. The Labute approximate surface area is 113 Å². The van der Waals surface area contributed by atoms with Crippen molar-refractivity contribution in [2.45, 2.75) is 0 Å². The van der Waals surface area contributed by atoms with Crippen molar-refractivity contribution in [3.63, 3.8) is 0 Å². The lowest BCUT2D eigenvalue weighted by atomic mass is 10.0. The van der Waals surface area contributed by atoms with E-state index in [0.29, 0.717) is 11.8 Å². The number of nitro groups is 1. The van der Waals surface area contributed by atoms with Gasteiger partial charge in [0.15, 0.2) is 17.9 Å². The highest BCUT2D eigenvalue weighted by molar-refractivity contribution is 5.84. The summed E-state index contributed by atoms with van der Waals surface area (Å²) in [6.07, 6.45) is 0.393. The highest BCUT2D eigenvalue weighted by Crippen LogP contribution is 2.31. The van der Waals surface area contributed by atoms with Gasteiger partial charge in [-0.15, -0.1) is 0 Å². The van der Waals surface area contributed by atoms with E-state index in [1.165, 1.54) is 37.4 Å². The Morgan fingerprint density at radius 2 is 2.05 bits per heavy atom. The fourth-order valence-corrected chi connectivity index (χ4v) is 1.86. The minimum atomic E-state index is -0.675. The molecule has 0 atom stereocenters. The van der Waals surface area contributed by atoms with Crippen LogP contribution < -0.4 is 4.74 Å². The molecule has 0 fully saturated rings. The largest absolute Gasteiger partial charge is 0.494 e. The van der Waals surface area contributed by atoms with Gasteiger partial charge in [-0.1, -0.05) is 18.2 Å². The van der Waals surface area contributed by atoms with Crippen LogP contribution in [0.4, 0.5) is 10.1 Å². The Kier molecular flexibility index (Phi) is 3.74. The lowest BCUT2D eigenvalue weighted by Crippen LogP contribution is -1.96. The molecule has 0 unspecified atom stereocenters. The van der Waals surface area contributed by atoms with Crippen LogP contribution in [0.15, 0.2) is 36.4 Å². The van der Waals surface area contributed by atoms with Gasteiger partial charge in [-0.2, -0.15) is 0 Å². The second kappa shape index (κ2) is 5.48. The average molecular weight is 275 g/mol. The number of aldehydes is 1. The highest BCUT2D eigenvalue weighted by atomic mass is 19.1. The predicted molar refractivity (Wildman–Crippen MR) is 70.4 cm³/mol. The maximum atomic E-state index is 14.1. The summed E-state index contributed by atoms with van der Waals surface area (Å²) in [4.78, 5) is 21.0. The van der Waals surface area contributed by atoms with Crippen molar-refractivity contribution < 1.29 is 18.8 Å². The molecule has 5 nitrogen and oxygen atoms in total. The minimum absolute atomic E-state index is 0.0459. The number of rotatable bonds is 4. The van der Waals surface area contributed by atoms with Gasteiger partial charge in [0.2, 0.25) is 0 Å². The second-order valence-corrected chi connectivity index (χ2v) is 3.97. The molecule has 0 radical (unpaired) electrons. The van der Waals surface area contributed by atoms with E-state index in [-0.39, 0.29) is 22.6 Å². The zero-order chi connectivity index (χ0) is 14.7. The van der Waals surface area contributed by atoms with Crippen LogP contribution in [0.25, 0.3) is 11.1 Å². The first-order valence-electron chi connectivity index (χ1n) is 5.65. The van der Waals surface area contributed by atoms with Crippen LogP contribution in [0, 0.1) is 15.9 Å². The van der Waals surface area contributed by atoms with Gasteiger partial charge in [0, 0.05) is 11.6 Å². The molecule has 0 saturated heterocycles. The molecular weight excluding hydrogens is 265 g/mol. The molecule has 0 aliphatic rings. The molecule has 0 aromatic heterocycles. The van der Waals surface area contributed by atoms with Crippen LogP contribution in [0.5, 0.6) is 5.75 Å². The molecule has 2 aromatic carbocycles. The van der Waals surface area contributed by atoms with Crippen LogP contribution >= 0.6 is 0 Å². The Morgan fingerprint density at radius 1 is 1.30 bits per heavy atom. The predicted octanol–water partition coefficient (Wildman–Crippen LogP) is 3.22. The number of methoxy groups -OCH3 is 1. The zero-order valence-electron chi connectivity index (χ0n) is 10.5. The van der Waals surface area contributed by atoms with Crippen molar-refractivity contribution >= 4 is 12.0 Å². The third kappa shape index (κ3) is 2.35. The Balaban J connectivity index is 2.62. The smallest absolute Gasteiger partial charge is 0.280 e. The third-order valence-electron chi connectivity index (χ3n) is 2.85. The molecule has 102 valence electrons. The monoisotopic (exact) mass is 275 g/mol. The summed E-state index contributed by atoms with van der Waals surface area (Å²) in [5.74, 6) is -0.562. The standard InChI is InChI=1S/C14H10FNO4/c1-20-13-4-2-3-11(14(13)15)9-5-6-10(8-17)12(7-9)16(18)19/h2-8H,1H3. The highest BCUT2D eigenvalue weighted by Gasteiger charge is 2.17. The van der Waals surface area contributed by atoms with Gasteiger partial charge in [-0.3, -0.25) is 14.9 Å². The van der Waals surface area contributed by atoms with Crippen molar-refractivity contribution in [1.82, 2.24) is 0 Å². The first-order chi connectivity index (χ1) is 9.58. The summed E-state index contributed by atoms with van der Waals surface area (Å²) < 4.78 is 19.0. The topological polar surface area (TPSA) is 69.4 Å². The minimum Gasteiger partial charge on any atom is -0.494 e. The van der Waals surface area contributed by atoms with Crippen molar-refractivity contribution in [1.29, 1.82) is 0 Å². The summed E-state index contributed by atoms with van der Waals surface area (Å²) in [5.41, 5.74) is 0.0605. The summed E-state index contributed by atoms with van der Waals surface area (Å²) in [7, 11) is 1.33. The van der Waals surface area contributed by atoms with Crippen molar-refractivity contribution in [3.8, 4) is 16.9 Å². The molecule has 0 N–H and O–H groups in total. The van der Waals surface area contributed by atoms with Crippen molar-refractivity contribution in [3.05, 3.63) is 57.9 Å². The molecule has 0 spiro atoms. The molecule has 2 aromatic rings. The molecule has 0 aliphatic carbocycles. The Morgan fingerprint density at radius 3 is 2.65 bits per heavy atom. The quantitative estimate of drug-likeness (QED) is 0.488. The van der Waals surface area contributed by atoms with Gasteiger partial charge < -0.3 is 4.74 Å². The average Bonchev–Trinajstić information content (AvgIpc) is 2.46. The normalized spacial score (nSPS) is 10.1. The van der Waals surface area contributed by atoms with Gasteiger partial charge in [-0.05, 0) is 17.7 Å². The van der Waals surface area contributed by atoms with E-state index in [4.69, 9.17) is 4.74 Å². The number of nitro benzene ring substituents is 1. The summed E-state index contributed by atoms with van der Waals surface area (Å²) in [6, 6.07) is 8.43. The number of carbonyl (C=O) groups is 1. The van der Waals surface area contributed by atoms with Crippen LogP contribution in [0.1, 0.15) is 10.4 Å².